The highest BCUT2D eigenvalue weighted by atomic mass is 79.9. The van der Waals surface area contributed by atoms with Gasteiger partial charge in [0.1, 0.15) is 5.82 Å². The third-order valence-electron chi connectivity index (χ3n) is 2.38. The number of thioether (sulfide) groups is 1. The van der Waals surface area contributed by atoms with Crippen molar-refractivity contribution in [2.45, 2.75) is 25.0 Å². The van der Waals surface area contributed by atoms with Crippen LogP contribution in [0.2, 0.25) is 0 Å². The third-order valence-corrected chi connectivity index (χ3v) is 4.94. The van der Waals surface area contributed by atoms with Gasteiger partial charge in [0.15, 0.2) is 5.16 Å². The van der Waals surface area contributed by atoms with Gasteiger partial charge < -0.3 is 9.67 Å². The van der Waals surface area contributed by atoms with Crippen LogP contribution in [0.1, 0.15) is 17.6 Å². The molecule has 19 heavy (non-hydrogen) atoms. The number of aromatic nitrogens is 3. The smallest absolute Gasteiger partial charge is 0.313 e. The molecule has 0 aromatic carbocycles. The largest absolute Gasteiger partial charge is 0.481 e. The molecule has 8 heteroatoms. The summed E-state index contributed by atoms with van der Waals surface area (Å²) in [6.45, 7) is 2.69. The van der Waals surface area contributed by atoms with Gasteiger partial charge in [0.25, 0.3) is 0 Å². The molecule has 0 aliphatic carbocycles. The summed E-state index contributed by atoms with van der Waals surface area (Å²) in [7, 11) is 0. The van der Waals surface area contributed by atoms with Crippen molar-refractivity contribution in [3.8, 4) is 0 Å². The van der Waals surface area contributed by atoms with Crippen LogP contribution in [-0.4, -0.2) is 31.6 Å². The van der Waals surface area contributed by atoms with Gasteiger partial charge in [-0.15, -0.1) is 21.5 Å². The normalized spacial score (nSPS) is 10.8. The van der Waals surface area contributed by atoms with E-state index in [4.69, 9.17) is 5.11 Å². The Labute approximate surface area is 127 Å². The molecule has 0 spiro atoms. The molecule has 0 saturated carbocycles. The Balaban J connectivity index is 2.20. The van der Waals surface area contributed by atoms with Crippen molar-refractivity contribution in [2.75, 3.05) is 5.75 Å². The van der Waals surface area contributed by atoms with E-state index >= 15 is 0 Å². The van der Waals surface area contributed by atoms with Gasteiger partial charge in [-0.3, -0.25) is 4.79 Å². The van der Waals surface area contributed by atoms with Gasteiger partial charge in [0, 0.05) is 11.3 Å². The van der Waals surface area contributed by atoms with E-state index < -0.39 is 5.97 Å². The Kier molecular flexibility index (Phi) is 5.00. The minimum absolute atomic E-state index is 0.00399. The van der Waals surface area contributed by atoms with Crippen LogP contribution in [-0.2, 0) is 17.8 Å². The molecule has 2 rings (SSSR count). The topological polar surface area (TPSA) is 68.0 Å². The molecule has 2 aromatic heterocycles. The minimum atomic E-state index is -0.850. The second-order valence-electron chi connectivity index (χ2n) is 3.73. The van der Waals surface area contributed by atoms with Gasteiger partial charge in [0.05, 0.1) is 16.1 Å². The van der Waals surface area contributed by atoms with E-state index in [1.165, 1.54) is 16.6 Å². The van der Waals surface area contributed by atoms with E-state index in [2.05, 4.69) is 26.1 Å². The minimum Gasteiger partial charge on any atom is -0.481 e. The molecule has 0 saturated heterocycles. The molecule has 0 bridgehead atoms. The molecule has 0 unspecified atom stereocenters. The summed E-state index contributed by atoms with van der Waals surface area (Å²) in [4.78, 5) is 11.8. The first-order valence-corrected chi connectivity index (χ1v) is 8.20. The number of hydrogen-bond acceptors (Lipinski definition) is 5. The number of nitrogens with zero attached hydrogens (tertiary/aromatic N) is 3. The van der Waals surface area contributed by atoms with Crippen molar-refractivity contribution in [2.24, 2.45) is 0 Å². The predicted molar refractivity (Wildman–Crippen MR) is 78.9 cm³/mol. The molecule has 0 fully saturated rings. The zero-order chi connectivity index (χ0) is 13.8. The summed E-state index contributed by atoms with van der Waals surface area (Å²) in [6, 6.07) is 4.04. The van der Waals surface area contributed by atoms with Gasteiger partial charge in [0.2, 0.25) is 0 Å². The lowest BCUT2D eigenvalue weighted by molar-refractivity contribution is -0.133. The summed E-state index contributed by atoms with van der Waals surface area (Å²) in [5.74, 6) is 0.0181. The number of hydrogen-bond donors (Lipinski definition) is 1. The summed E-state index contributed by atoms with van der Waals surface area (Å²) in [5.41, 5.74) is 0. The van der Waals surface area contributed by atoms with E-state index in [1.807, 2.05) is 23.6 Å². The van der Waals surface area contributed by atoms with E-state index in [-0.39, 0.29) is 5.75 Å². The van der Waals surface area contributed by atoms with E-state index in [9.17, 15) is 4.79 Å². The van der Waals surface area contributed by atoms with Crippen LogP contribution in [0.15, 0.2) is 21.1 Å². The van der Waals surface area contributed by atoms with Gasteiger partial charge in [-0.1, -0.05) is 18.7 Å². The van der Waals surface area contributed by atoms with Crippen LogP contribution in [0.25, 0.3) is 0 Å². The van der Waals surface area contributed by atoms with Crippen molar-refractivity contribution in [1.82, 2.24) is 14.8 Å². The maximum atomic E-state index is 10.6. The lowest BCUT2D eigenvalue weighted by atomic mass is 10.4. The highest BCUT2D eigenvalue weighted by Gasteiger charge is 2.13. The zero-order valence-electron chi connectivity index (χ0n) is 10.2. The van der Waals surface area contributed by atoms with E-state index in [0.717, 1.165) is 16.0 Å². The number of aryl methyl sites for hydroxylation is 1. The molecule has 0 amide bonds. The maximum absolute atomic E-state index is 10.6. The summed E-state index contributed by atoms with van der Waals surface area (Å²) >= 11 is 6.29. The van der Waals surface area contributed by atoms with Crippen molar-refractivity contribution in [3.63, 3.8) is 0 Å². The van der Waals surface area contributed by atoms with E-state index in [1.54, 1.807) is 11.3 Å². The number of thiophene rings is 1. The molecule has 0 aliphatic rings. The Bertz CT molecular complexity index is 582. The van der Waals surface area contributed by atoms with Crippen LogP contribution in [0.5, 0.6) is 0 Å². The average Bonchev–Trinajstić information content (AvgIpc) is 2.94. The Morgan fingerprint density at radius 3 is 2.89 bits per heavy atom. The lowest BCUT2D eigenvalue weighted by Gasteiger charge is -2.07. The first-order chi connectivity index (χ1) is 9.10. The van der Waals surface area contributed by atoms with Crippen molar-refractivity contribution >= 4 is 45.0 Å². The second-order valence-corrected chi connectivity index (χ2v) is 7.22. The average molecular weight is 362 g/mol. The highest BCUT2D eigenvalue weighted by molar-refractivity contribution is 9.11. The van der Waals surface area contributed by atoms with Crippen LogP contribution >= 0.6 is 39.0 Å². The molecule has 2 heterocycles. The molecule has 5 nitrogen and oxygen atoms in total. The van der Waals surface area contributed by atoms with Gasteiger partial charge >= 0.3 is 5.97 Å². The summed E-state index contributed by atoms with van der Waals surface area (Å²) < 4.78 is 3.06. The molecule has 0 atom stereocenters. The first-order valence-electron chi connectivity index (χ1n) is 5.61. The number of carboxylic acid groups (broad SMARTS) is 1. The molecular formula is C11H12BrN3O2S2. The predicted octanol–water partition coefficient (Wildman–Crippen LogP) is 2.89. The molecule has 0 radical (unpaired) electrons. The Morgan fingerprint density at radius 2 is 2.32 bits per heavy atom. The Hall–Kier alpha value is -0.860. The highest BCUT2D eigenvalue weighted by Crippen LogP contribution is 2.25. The number of halogens is 1. The number of carbonyl (C=O) groups is 1. The van der Waals surface area contributed by atoms with Gasteiger partial charge in [-0.25, -0.2) is 0 Å². The second kappa shape index (κ2) is 6.53. The van der Waals surface area contributed by atoms with Crippen LogP contribution in [0, 0.1) is 0 Å². The quantitative estimate of drug-likeness (QED) is 0.801. The van der Waals surface area contributed by atoms with Crippen LogP contribution in [0.4, 0.5) is 0 Å². The van der Waals surface area contributed by atoms with Crippen LogP contribution < -0.4 is 0 Å². The molecule has 102 valence electrons. The molecule has 0 aliphatic heterocycles. The SMILES string of the molecule is CCc1nnc(SCC(=O)O)n1Cc1ccc(Br)s1. The van der Waals surface area contributed by atoms with Crippen molar-refractivity contribution in [3.05, 3.63) is 26.6 Å². The third kappa shape index (κ3) is 3.80. The zero-order valence-corrected chi connectivity index (χ0v) is 13.4. The van der Waals surface area contributed by atoms with Crippen molar-refractivity contribution in [1.29, 1.82) is 0 Å². The standard InChI is InChI=1S/C11H12BrN3O2S2/c1-2-9-13-14-11(18-6-10(16)17)15(9)5-7-3-4-8(12)19-7/h3-4H,2,5-6H2,1H3,(H,16,17). The monoisotopic (exact) mass is 361 g/mol. The fourth-order valence-corrected chi connectivity index (χ4v) is 3.71. The van der Waals surface area contributed by atoms with Crippen LogP contribution in [0.3, 0.4) is 0 Å². The fraction of sp³-hybridized carbons (Fsp3) is 0.364. The number of aliphatic carboxylic acids is 1. The fourth-order valence-electron chi connectivity index (χ4n) is 1.56. The maximum Gasteiger partial charge on any atom is 0.313 e. The lowest BCUT2D eigenvalue weighted by Crippen LogP contribution is -2.06. The first kappa shape index (κ1) is 14.5. The summed E-state index contributed by atoms with van der Waals surface area (Å²) in [5, 5.41) is 17.6. The Morgan fingerprint density at radius 1 is 1.53 bits per heavy atom. The summed E-state index contributed by atoms with van der Waals surface area (Å²) in [6.07, 6.45) is 0.771. The van der Waals surface area contributed by atoms with Gasteiger partial charge in [-0.05, 0) is 28.1 Å². The van der Waals surface area contributed by atoms with Crippen molar-refractivity contribution < 1.29 is 9.90 Å². The molecule has 2 aromatic rings. The molecule has 1 N–H and O–H groups in total. The van der Waals surface area contributed by atoms with Gasteiger partial charge in [-0.2, -0.15) is 0 Å². The molecular weight excluding hydrogens is 350 g/mol. The number of rotatable bonds is 6. The number of carboxylic acids is 1. The van der Waals surface area contributed by atoms with E-state index in [0.29, 0.717) is 11.7 Å².